The Labute approximate surface area is 122 Å². The summed E-state index contributed by atoms with van der Waals surface area (Å²) in [5, 5.41) is 6.84. The van der Waals surface area contributed by atoms with E-state index >= 15 is 0 Å². The monoisotopic (exact) mass is 325 g/mol. The number of nitrogens with one attached hydrogen (secondary N) is 2. The molecule has 0 aromatic heterocycles. The summed E-state index contributed by atoms with van der Waals surface area (Å²) in [5.74, 6) is 0. The Balaban J connectivity index is 1.63. The smallest absolute Gasteiger partial charge is 0.0716 e. The van der Waals surface area contributed by atoms with E-state index in [1.807, 2.05) is 0 Å². The van der Waals surface area contributed by atoms with Gasteiger partial charge in [-0.15, -0.1) is 0 Å². The maximum Gasteiger partial charge on any atom is 0.0716 e. The zero-order valence-corrected chi connectivity index (χ0v) is 12.6. The number of halogens is 1. The standard InChI is InChI=1S/C14H20BrN3O/c15-11-1-2-14-13(9-11)17-4-7-18(14)6-3-12-10-16-5-8-19-12/h1-2,9,12,16-17H,3-8,10H2. The first-order valence-corrected chi connectivity index (χ1v) is 7.73. The van der Waals surface area contributed by atoms with E-state index in [-0.39, 0.29) is 0 Å². The van der Waals surface area contributed by atoms with Crippen LogP contribution in [0.3, 0.4) is 0 Å². The number of nitrogens with zero attached hydrogens (tertiary/aromatic N) is 1. The number of rotatable bonds is 3. The van der Waals surface area contributed by atoms with Crippen molar-refractivity contribution in [2.45, 2.75) is 12.5 Å². The van der Waals surface area contributed by atoms with Gasteiger partial charge >= 0.3 is 0 Å². The topological polar surface area (TPSA) is 36.5 Å². The molecule has 5 heteroatoms. The van der Waals surface area contributed by atoms with Crippen molar-refractivity contribution in [3.8, 4) is 0 Å². The van der Waals surface area contributed by atoms with E-state index in [1.165, 1.54) is 11.4 Å². The molecule has 2 N–H and O–H groups in total. The Kier molecular flexibility index (Phi) is 4.25. The minimum Gasteiger partial charge on any atom is -0.382 e. The van der Waals surface area contributed by atoms with E-state index < -0.39 is 0 Å². The molecule has 2 heterocycles. The Morgan fingerprint density at radius 3 is 3.16 bits per heavy atom. The Morgan fingerprint density at radius 2 is 2.32 bits per heavy atom. The molecule has 0 saturated carbocycles. The average molecular weight is 326 g/mol. The minimum absolute atomic E-state index is 0.363. The molecule has 0 aliphatic carbocycles. The molecule has 0 spiro atoms. The normalized spacial score (nSPS) is 22.8. The van der Waals surface area contributed by atoms with Crippen LogP contribution >= 0.6 is 15.9 Å². The number of benzene rings is 1. The van der Waals surface area contributed by atoms with Crippen LogP contribution in [-0.2, 0) is 4.74 Å². The highest BCUT2D eigenvalue weighted by molar-refractivity contribution is 9.10. The molecular formula is C14H20BrN3O. The molecule has 3 rings (SSSR count). The lowest BCUT2D eigenvalue weighted by Gasteiger charge is -2.34. The maximum absolute atomic E-state index is 5.76. The summed E-state index contributed by atoms with van der Waals surface area (Å²) in [4.78, 5) is 2.45. The Bertz CT molecular complexity index is 435. The minimum atomic E-state index is 0.363. The fourth-order valence-electron chi connectivity index (χ4n) is 2.71. The molecule has 1 aromatic carbocycles. The second-order valence-corrected chi connectivity index (χ2v) is 5.98. The van der Waals surface area contributed by atoms with Crippen LogP contribution in [0.5, 0.6) is 0 Å². The summed E-state index contributed by atoms with van der Waals surface area (Å²) < 4.78 is 6.89. The quantitative estimate of drug-likeness (QED) is 0.892. The van der Waals surface area contributed by atoms with Gasteiger partial charge in [0.15, 0.2) is 0 Å². The lowest BCUT2D eigenvalue weighted by Crippen LogP contribution is -2.42. The van der Waals surface area contributed by atoms with Crippen molar-refractivity contribution >= 4 is 27.3 Å². The SMILES string of the molecule is Brc1ccc2c(c1)NCCN2CCC1CNCCO1. The molecule has 0 radical (unpaired) electrons. The van der Waals surface area contributed by atoms with Crippen molar-refractivity contribution < 1.29 is 4.74 Å². The summed E-state index contributed by atoms with van der Waals surface area (Å²) in [5.41, 5.74) is 2.53. The highest BCUT2D eigenvalue weighted by Gasteiger charge is 2.19. The predicted octanol–water partition coefficient (Wildman–Crippen LogP) is 2.06. The van der Waals surface area contributed by atoms with Crippen molar-refractivity contribution in [3.63, 3.8) is 0 Å². The van der Waals surface area contributed by atoms with E-state index in [1.54, 1.807) is 0 Å². The summed E-state index contributed by atoms with van der Waals surface area (Å²) >= 11 is 3.53. The van der Waals surface area contributed by atoms with Gasteiger partial charge in [0.2, 0.25) is 0 Å². The van der Waals surface area contributed by atoms with Crippen molar-refractivity contribution in [1.29, 1.82) is 0 Å². The maximum atomic E-state index is 5.76. The van der Waals surface area contributed by atoms with Crippen LogP contribution in [0.15, 0.2) is 22.7 Å². The van der Waals surface area contributed by atoms with Crippen LogP contribution in [0.2, 0.25) is 0 Å². The molecular weight excluding hydrogens is 306 g/mol. The second kappa shape index (κ2) is 6.11. The van der Waals surface area contributed by atoms with Crippen LogP contribution in [0, 0.1) is 0 Å². The summed E-state index contributed by atoms with van der Waals surface area (Å²) in [6, 6.07) is 6.45. The van der Waals surface area contributed by atoms with Crippen LogP contribution in [0.25, 0.3) is 0 Å². The lowest BCUT2D eigenvalue weighted by atomic mass is 10.1. The molecule has 1 unspecified atom stereocenters. The third kappa shape index (κ3) is 3.22. The van der Waals surface area contributed by atoms with Crippen molar-refractivity contribution in [3.05, 3.63) is 22.7 Å². The predicted molar refractivity (Wildman–Crippen MR) is 82.1 cm³/mol. The third-order valence-electron chi connectivity index (χ3n) is 3.72. The van der Waals surface area contributed by atoms with Crippen LogP contribution in [0.4, 0.5) is 11.4 Å². The average Bonchev–Trinajstić information content (AvgIpc) is 2.45. The molecule has 0 amide bonds. The van der Waals surface area contributed by atoms with Gasteiger partial charge in [-0.25, -0.2) is 0 Å². The van der Waals surface area contributed by atoms with Gasteiger partial charge in [-0.05, 0) is 24.6 Å². The van der Waals surface area contributed by atoms with Crippen molar-refractivity contribution in [2.24, 2.45) is 0 Å². The zero-order valence-electron chi connectivity index (χ0n) is 11.0. The molecule has 104 valence electrons. The second-order valence-electron chi connectivity index (χ2n) is 5.06. The molecule has 2 aliphatic heterocycles. The van der Waals surface area contributed by atoms with E-state index in [2.05, 4.69) is 49.7 Å². The van der Waals surface area contributed by atoms with E-state index in [0.717, 1.165) is 50.2 Å². The van der Waals surface area contributed by atoms with Gasteiger partial charge in [0.25, 0.3) is 0 Å². The molecule has 4 nitrogen and oxygen atoms in total. The fourth-order valence-corrected chi connectivity index (χ4v) is 3.07. The van der Waals surface area contributed by atoms with Crippen LogP contribution < -0.4 is 15.5 Å². The summed E-state index contributed by atoms with van der Waals surface area (Å²) in [7, 11) is 0. The van der Waals surface area contributed by atoms with Gasteiger partial charge in [-0.3, -0.25) is 0 Å². The largest absolute Gasteiger partial charge is 0.382 e. The van der Waals surface area contributed by atoms with Crippen molar-refractivity contribution in [1.82, 2.24) is 5.32 Å². The Morgan fingerprint density at radius 1 is 1.37 bits per heavy atom. The van der Waals surface area contributed by atoms with Crippen LogP contribution in [0.1, 0.15) is 6.42 Å². The number of anilines is 2. The number of hydrogen-bond acceptors (Lipinski definition) is 4. The number of ether oxygens (including phenoxy) is 1. The molecule has 1 fully saturated rings. The number of fused-ring (bicyclic) bond motifs is 1. The first kappa shape index (κ1) is 13.2. The molecule has 1 saturated heterocycles. The van der Waals surface area contributed by atoms with Crippen molar-refractivity contribution in [2.75, 3.05) is 49.5 Å². The van der Waals surface area contributed by atoms with Gasteiger partial charge < -0.3 is 20.3 Å². The molecule has 1 atom stereocenters. The van der Waals surface area contributed by atoms with E-state index in [4.69, 9.17) is 4.74 Å². The fraction of sp³-hybridized carbons (Fsp3) is 0.571. The molecule has 2 aliphatic rings. The van der Waals surface area contributed by atoms with Gasteiger partial charge in [0, 0.05) is 37.2 Å². The molecule has 1 aromatic rings. The first-order chi connectivity index (χ1) is 9.33. The highest BCUT2D eigenvalue weighted by Crippen LogP contribution is 2.31. The van der Waals surface area contributed by atoms with Gasteiger partial charge in [0.1, 0.15) is 0 Å². The number of hydrogen-bond donors (Lipinski definition) is 2. The third-order valence-corrected chi connectivity index (χ3v) is 4.22. The molecule has 0 bridgehead atoms. The Hall–Kier alpha value is -0.780. The summed E-state index contributed by atoms with van der Waals surface area (Å²) in [6.45, 7) is 5.95. The van der Waals surface area contributed by atoms with Gasteiger partial charge in [0.05, 0.1) is 24.1 Å². The van der Waals surface area contributed by atoms with E-state index in [9.17, 15) is 0 Å². The molecule has 19 heavy (non-hydrogen) atoms. The van der Waals surface area contributed by atoms with Gasteiger partial charge in [-0.1, -0.05) is 15.9 Å². The van der Waals surface area contributed by atoms with Gasteiger partial charge in [-0.2, -0.15) is 0 Å². The zero-order chi connectivity index (χ0) is 13.1. The lowest BCUT2D eigenvalue weighted by molar-refractivity contribution is 0.0249. The number of morpholine rings is 1. The van der Waals surface area contributed by atoms with Crippen LogP contribution in [-0.4, -0.2) is 45.4 Å². The highest BCUT2D eigenvalue weighted by atomic mass is 79.9. The van der Waals surface area contributed by atoms with E-state index in [0.29, 0.717) is 6.10 Å². The first-order valence-electron chi connectivity index (χ1n) is 6.93. The summed E-state index contributed by atoms with van der Waals surface area (Å²) in [6.07, 6.45) is 1.45.